The molecule has 0 bridgehead atoms. The highest BCUT2D eigenvalue weighted by atomic mass is 14.1. The number of hydrogen-bond donors (Lipinski definition) is 0. The lowest BCUT2D eigenvalue weighted by atomic mass is 9.96. The molecule has 0 radical (unpaired) electrons. The van der Waals surface area contributed by atoms with Crippen molar-refractivity contribution >= 4 is 0 Å². The molecule has 0 rings (SSSR count). The summed E-state index contributed by atoms with van der Waals surface area (Å²) in [6.45, 7) is 12.3. The quantitative estimate of drug-likeness (QED) is 0.471. The summed E-state index contributed by atoms with van der Waals surface area (Å²) in [6, 6.07) is 0. The van der Waals surface area contributed by atoms with Crippen molar-refractivity contribution in [2.75, 3.05) is 0 Å². The van der Waals surface area contributed by atoms with Crippen LogP contribution in [-0.4, -0.2) is 0 Å². The van der Waals surface area contributed by atoms with Crippen LogP contribution in [0.25, 0.3) is 0 Å². The second-order valence-corrected chi connectivity index (χ2v) is 3.55. The Hall–Kier alpha value is -0.520. The van der Waals surface area contributed by atoms with Crippen LogP contribution in [0.1, 0.15) is 27.7 Å². The van der Waals surface area contributed by atoms with Crippen molar-refractivity contribution in [2.24, 2.45) is 5.41 Å². The van der Waals surface area contributed by atoms with Crippen molar-refractivity contribution in [1.82, 2.24) is 0 Å². The lowest BCUT2D eigenvalue weighted by Gasteiger charge is -2.10. The SMILES string of the molecule is C=C(C)/C=C/C(C)(C)C. The predicted molar refractivity (Wildman–Crippen MR) is 43.4 cm³/mol. The van der Waals surface area contributed by atoms with Crippen LogP contribution < -0.4 is 0 Å². The zero-order valence-electron chi connectivity index (χ0n) is 6.86. The molecule has 0 aromatic carbocycles. The Labute approximate surface area is 58.3 Å². The molecule has 0 atom stereocenters. The van der Waals surface area contributed by atoms with E-state index >= 15 is 0 Å². The smallest absolute Gasteiger partial charge is 0.0200 e. The van der Waals surface area contributed by atoms with E-state index in [2.05, 4.69) is 39.5 Å². The van der Waals surface area contributed by atoms with Crippen molar-refractivity contribution in [3.63, 3.8) is 0 Å². The molecule has 0 aromatic heterocycles. The third-order valence-corrected chi connectivity index (χ3v) is 0.868. The molecule has 0 aliphatic rings. The Morgan fingerprint density at radius 1 is 1.33 bits per heavy atom. The van der Waals surface area contributed by atoms with E-state index < -0.39 is 0 Å². The van der Waals surface area contributed by atoms with Crippen molar-refractivity contribution in [1.29, 1.82) is 0 Å². The van der Waals surface area contributed by atoms with E-state index in [9.17, 15) is 0 Å². The highest BCUT2D eigenvalue weighted by Gasteiger charge is 2.02. The van der Waals surface area contributed by atoms with Crippen molar-refractivity contribution in [3.05, 3.63) is 24.3 Å². The lowest BCUT2D eigenvalue weighted by molar-refractivity contribution is 0.544. The molecule has 0 aliphatic carbocycles. The molecule has 0 fully saturated rings. The molecule has 0 aromatic rings. The molecule has 0 spiro atoms. The molecular weight excluding hydrogens is 108 g/mol. The second-order valence-electron chi connectivity index (χ2n) is 3.55. The first-order valence-electron chi connectivity index (χ1n) is 3.26. The van der Waals surface area contributed by atoms with Gasteiger partial charge in [-0.2, -0.15) is 0 Å². The van der Waals surface area contributed by atoms with Gasteiger partial charge in [0.1, 0.15) is 0 Å². The third kappa shape index (κ3) is 7.48. The predicted octanol–water partition coefficient (Wildman–Crippen LogP) is 3.16. The molecular formula is C9H16. The summed E-state index contributed by atoms with van der Waals surface area (Å²) in [7, 11) is 0. The number of hydrogen-bond acceptors (Lipinski definition) is 0. The Morgan fingerprint density at radius 3 is 1.89 bits per heavy atom. The van der Waals surface area contributed by atoms with Gasteiger partial charge in [-0.1, -0.05) is 45.1 Å². The standard InChI is InChI=1S/C9H16/c1-8(2)6-7-9(3,4)5/h6-7H,1H2,2-5H3/b7-6+. The van der Waals surface area contributed by atoms with Gasteiger partial charge in [0.05, 0.1) is 0 Å². The van der Waals surface area contributed by atoms with Gasteiger partial charge < -0.3 is 0 Å². The monoisotopic (exact) mass is 124 g/mol. The molecule has 0 saturated heterocycles. The fourth-order valence-corrected chi connectivity index (χ4v) is 0.392. The number of rotatable bonds is 1. The summed E-state index contributed by atoms with van der Waals surface area (Å²) in [6.07, 6.45) is 4.22. The van der Waals surface area contributed by atoms with Gasteiger partial charge in [0.2, 0.25) is 0 Å². The molecule has 0 saturated carbocycles. The maximum absolute atomic E-state index is 3.77. The highest BCUT2D eigenvalue weighted by Crippen LogP contribution is 2.15. The largest absolute Gasteiger partial charge is 0.0961 e. The van der Waals surface area contributed by atoms with Crippen LogP contribution in [0.4, 0.5) is 0 Å². The van der Waals surface area contributed by atoms with E-state index in [0.29, 0.717) is 5.41 Å². The van der Waals surface area contributed by atoms with E-state index in [1.165, 1.54) is 0 Å². The Balaban J connectivity index is 3.86. The molecule has 0 heteroatoms. The second kappa shape index (κ2) is 2.86. The Kier molecular flexibility index (Phi) is 2.69. The van der Waals surface area contributed by atoms with Crippen molar-refractivity contribution in [3.8, 4) is 0 Å². The summed E-state index contributed by atoms with van der Waals surface area (Å²) in [5.41, 5.74) is 1.41. The minimum absolute atomic E-state index is 0.291. The van der Waals surface area contributed by atoms with Gasteiger partial charge in [-0.15, -0.1) is 0 Å². The van der Waals surface area contributed by atoms with Gasteiger partial charge in [0.25, 0.3) is 0 Å². The van der Waals surface area contributed by atoms with Crippen LogP contribution in [0.2, 0.25) is 0 Å². The van der Waals surface area contributed by atoms with Gasteiger partial charge in [-0.3, -0.25) is 0 Å². The van der Waals surface area contributed by atoms with Crippen molar-refractivity contribution < 1.29 is 0 Å². The maximum atomic E-state index is 3.77. The first kappa shape index (κ1) is 8.48. The first-order chi connectivity index (χ1) is 3.92. The summed E-state index contributed by atoms with van der Waals surface area (Å²) < 4.78 is 0. The molecule has 0 unspecified atom stereocenters. The average Bonchev–Trinajstić information content (AvgIpc) is 1.59. The van der Waals surface area contributed by atoms with E-state index in [1.807, 2.05) is 6.92 Å². The van der Waals surface area contributed by atoms with Gasteiger partial charge in [0.15, 0.2) is 0 Å². The molecule has 0 N–H and O–H groups in total. The van der Waals surface area contributed by atoms with Crippen LogP contribution >= 0.6 is 0 Å². The fourth-order valence-electron chi connectivity index (χ4n) is 0.392. The van der Waals surface area contributed by atoms with Crippen LogP contribution in [0.5, 0.6) is 0 Å². The molecule has 0 aliphatic heterocycles. The summed E-state index contributed by atoms with van der Waals surface area (Å²) >= 11 is 0. The third-order valence-electron chi connectivity index (χ3n) is 0.868. The van der Waals surface area contributed by atoms with E-state index in [1.54, 1.807) is 0 Å². The van der Waals surface area contributed by atoms with Gasteiger partial charge in [-0.25, -0.2) is 0 Å². The highest BCUT2D eigenvalue weighted by molar-refractivity contribution is 5.13. The number of allylic oxidation sites excluding steroid dienone is 3. The zero-order chi connectivity index (χ0) is 7.49. The molecule has 52 valence electrons. The van der Waals surface area contributed by atoms with E-state index in [-0.39, 0.29) is 0 Å². The van der Waals surface area contributed by atoms with Gasteiger partial charge in [-0.05, 0) is 12.3 Å². The van der Waals surface area contributed by atoms with Crippen LogP contribution in [0.15, 0.2) is 24.3 Å². The van der Waals surface area contributed by atoms with Gasteiger partial charge in [0, 0.05) is 0 Å². The fraction of sp³-hybridized carbons (Fsp3) is 0.556. The topological polar surface area (TPSA) is 0 Å². The van der Waals surface area contributed by atoms with Crippen LogP contribution in [0, 0.1) is 5.41 Å². The summed E-state index contributed by atoms with van der Waals surface area (Å²) in [5, 5.41) is 0. The van der Waals surface area contributed by atoms with E-state index in [0.717, 1.165) is 5.57 Å². The van der Waals surface area contributed by atoms with Gasteiger partial charge >= 0.3 is 0 Å². The average molecular weight is 124 g/mol. The molecule has 0 amide bonds. The van der Waals surface area contributed by atoms with Crippen molar-refractivity contribution in [2.45, 2.75) is 27.7 Å². The summed E-state index contributed by atoms with van der Waals surface area (Å²) in [5.74, 6) is 0. The van der Waals surface area contributed by atoms with E-state index in [4.69, 9.17) is 0 Å². The minimum atomic E-state index is 0.291. The summed E-state index contributed by atoms with van der Waals surface area (Å²) in [4.78, 5) is 0. The molecule has 9 heavy (non-hydrogen) atoms. The minimum Gasteiger partial charge on any atom is -0.0961 e. The van der Waals surface area contributed by atoms with Crippen LogP contribution in [0.3, 0.4) is 0 Å². The zero-order valence-corrected chi connectivity index (χ0v) is 6.86. The van der Waals surface area contributed by atoms with Crippen LogP contribution in [-0.2, 0) is 0 Å². The first-order valence-corrected chi connectivity index (χ1v) is 3.26. The Morgan fingerprint density at radius 2 is 1.78 bits per heavy atom. The lowest BCUT2D eigenvalue weighted by Crippen LogP contribution is -1.97. The maximum Gasteiger partial charge on any atom is -0.0200 e. The normalized spacial score (nSPS) is 12.4. The Bertz CT molecular complexity index is 121. The molecule has 0 heterocycles. The molecule has 0 nitrogen and oxygen atoms in total.